The van der Waals surface area contributed by atoms with Gasteiger partial charge in [-0.3, -0.25) is 9.10 Å². The number of rotatable bonds is 6. The Morgan fingerprint density at radius 3 is 2.21 bits per heavy atom. The van der Waals surface area contributed by atoms with Crippen LogP contribution in [0.15, 0.2) is 29.4 Å². The van der Waals surface area contributed by atoms with Gasteiger partial charge in [-0.2, -0.15) is 5.10 Å². The van der Waals surface area contributed by atoms with Crippen LogP contribution in [0.1, 0.15) is 53.4 Å². The summed E-state index contributed by atoms with van der Waals surface area (Å²) in [4.78, 5) is 12.6. The summed E-state index contributed by atoms with van der Waals surface area (Å²) in [5, 5.41) is 4.28. The van der Waals surface area contributed by atoms with Gasteiger partial charge in [0, 0.05) is 5.71 Å². The Kier molecular flexibility index (Phi) is 7.32. The number of nitrogens with zero attached hydrogens (tertiary/aromatic N) is 2. The van der Waals surface area contributed by atoms with E-state index in [1.807, 2.05) is 0 Å². The molecule has 1 amide bonds. The van der Waals surface area contributed by atoms with Crippen molar-refractivity contribution in [2.75, 3.05) is 17.7 Å². The van der Waals surface area contributed by atoms with E-state index < -0.39 is 22.0 Å². The van der Waals surface area contributed by atoms with Crippen LogP contribution in [0.2, 0.25) is 0 Å². The van der Waals surface area contributed by atoms with Crippen LogP contribution in [0.5, 0.6) is 5.75 Å². The van der Waals surface area contributed by atoms with E-state index in [9.17, 15) is 13.2 Å². The smallest absolute Gasteiger partial charge is 0.263 e. The van der Waals surface area contributed by atoms with Gasteiger partial charge in [0.15, 0.2) is 0 Å². The van der Waals surface area contributed by atoms with E-state index in [0.717, 1.165) is 42.0 Å². The van der Waals surface area contributed by atoms with Gasteiger partial charge in [0.1, 0.15) is 11.8 Å². The van der Waals surface area contributed by atoms with Gasteiger partial charge in [0.25, 0.3) is 5.91 Å². The molecule has 1 N–H and O–H groups in total. The monoisotopic (exact) mass is 423 g/mol. The number of carbonyl (C=O) groups excluding carboxylic acids is 1. The highest BCUT2D eigenvalue weighted by molar-refractivity contribution is 7.92. The van der Waals surface area contributed by atoms with Crippen LogP contribution < -0.4 is 14.5 Å². The van der Waals surface area contributed by atoms with E-state index >= 15 is 0 Å². The largest absolute Gasteiger partial charge is 0.497 e. The number of carbonyl (C=O) groups is 1. The standard InChI is InChI=1S/C21H33N3O4S/c1-15(24(29(6,26)27)18-11-13-19(28-5)14-12-18)20(25)23-22-17-9-7-16(8-10-17)21(2,3)4/h11-16H,7-10H2,1-6H3,(H,23,25)/t15-,16?/m1/s1. The van der Waals surface area contributed by atoms with Crippen LogP contribution in [0.25, 0.3) is 0 Å². The van der Waals surface area contributed by atoms with E-state index in [0.29, 0.717) is 17.4 Å². The van der Waals surface area contributed by atoms with Gasteiger partial charge in [-0.1, -0.05) is 20.8 Å². The predicted molar refractivity (Wildman–Crippen MR) is 117 cm³/mol. The lowest BCUT2D eigenvalue weighted by molar-refractivity contribution is -0.121. The average Bonchev–Trinajstić information content (AvgIpc) is 2.65. The van der Waals surface area contributed by atoms with Crippen molar-refractivity contribution in [2.24, 2.45) is 16.4 Å². The molecule has 0 aliphatic heterocycles. The third kappa shape index (κ3) is 6.19. The molecule has 1 aromatic carbocycles. The van der Waals surface area contributed by atoms with Gasteiger partial charge in [-0.05, 0) is 68.2 Å². The first-order valence-electron chi connectivity index (χ1n) is 9.92. The number of sulfonamides is 1. The zero-order valence-electron chi connectivity index (χ0n) is 18.2. The number of nitrogens with one attached hydrogen (secondary N) is 1. The Bertz CT molecular complexity index is 832. The number of hydrogen-bond donors (Lipinski definition) is 1. The minimum Gasteiger partial charge on any atom is -0.497 e. The number of hydrazone groups is 1. The van der Waals surface area contributed by atoms with Crippen LogP contribution in [-0.4, -0.2) is 39.4 Å². The van der Waals surface area contributed by atoms with Gasteiger partial charge in [0.2, 0.25) is 10.0 Å². The van der Waals surface area contributed by atoms with Crippen LogP contribution in [-0.2, 0) is 14.8 Å². The summed E-state index contributed by atoms with van der Waals surface area (Å²) < 4.78 is 30.9. The molecular weight excluding hydrogens is 390 g/mol. The van der Waals surface area contributed by atoms with Crippen LogP contribution in [0.4, 0.5) is 5.69 Å². The highest BCUT2D eigenvalue weighted by Gasteiger charge is 2.30. The van der Waals surface area contributed by atoms with E-state index in [4.69, 9.17) is 4.74 Å². The van der Waals surface area contributed by atoms with E-state index in [2.05, 4.69) is 31.3 Å². The molecule has 0 unspecified atom stereocenters. The van der Waals surface area contributed by atoms with Crippen molar-refractivity contribution >= 4 is 27.3 Å². The van der Waals surface area contributed by atoms with Gasteiger partial charge < -0.3 is 4.74 Å². The zero-order valence-corrected chi connectivity index (χ0v) is 19.0. The molecule has 7 nitrogen and oxygen atoms in total. The SMILES string of the molecule is COc1ccc(N([C@H](C)C(=O)NN=C2CCC(C(C)(C)C)CC2)S(C)(=O)=O)cc1. The Morgan fingerprint density at radius 2 is 1.76 bits per heavy atom. The van der Waals surface area contributed by atoms with Crippen molar-refractivity contribution < 1.29 is 17.9 Å². The molecule has 1 fully saturated rings. The molecule has 0 aromatic heterocycles. The quantitative estimate of drug-likeness (QED) is 0.709. The molecule has 1 saturated carbocycles. The fraction of sp³-hybridized carbons (Fsp3) is 0.619. The average molecular weight is 424 g/mol. The Balaban J connectivity index is 2.08. The fourth-order valence-corrected chi connectivity index (χ4v) is 4.87. The van der Waals surface area contributed by atoms with Crippen molar-refractivity contribution in [3.63, 3.8) is 0 Å². The zero-order chi connectivity index (χ0) is 21.8. The Morgan fingerprint density at radius 1 is 1.21 bits per heavy atom. The molecule has 0 radical (unpaired) electrons. The topological polar surface area (TPSA) is 88.1 Å². The first kappa shape index (κ1) is 23.2. The number of hydrogen-bond acceptors (Lipinski definition) is 5. The number of benzene rings is 1. The van der Waals surface area contributed by atoms with Gasteiger partial charge in [0.05, 0.1) is 19.1 Å². The molecule has 8 heteroatoms. The van der Waals surface area contributed by atoms with Crippen molar-refractivity contribution in [1.82, 2.24) is 5.43 Å². The number of amides is 1. The third-order valence-corrected chi connectivity index (χ3v) is 6.77. The summed E-state index contributed by atoms with van der Waals surface area (Å²) in [6.07, 6.45) is 4.89. The van der Waals surface area contributed by atoms with Crippen molar-refractivity contribution in [3.05, 3.63) is 24.3 Å². The molecule has 2 rings (SSSR count). The lowest BCUT2D eigenvalue weighted by atomic mass is 9.72. The molecule has 0 saturated heterocycles. The highest BCUT2D eigenvalue weighted by Crippen LogP contribution is 2.36. The van der Waals surface area contributed by atoms with Gasteiger partial charge in [-0.25, -0.2) is 13.8 Å². The molecule has 1 atom stereocenters. The number of anilines is 1. The molecule has 162 valence electrons. The van der Waals surface area contributed by atoms with Crippen LogP contribution >= 0.6 is 0 Å². The third-order valence-electron chi connectivity index (χ3n) is 5.53. The van der Waals surface area contributed by atoms with Crippen molar-refractivity contribution in [3.8, 4) is 5.75 Å². The molecule has 1 aromatic rings. The summed E-state index contributed by atoms with van der Waals surface area (Å²) >= 11 is 0. The lowest BCUT2D eigenvalue weighted by Gasteiger charge is -2.34. The minimum atomic E-state index is -3.67. The summed E-state index contributed by atoms with van der Waals surface area (Å²) in [7, 11) is -2.13. The summed E-state index contributed by atoms with van der Waals surface area (Å²) in [6.45, 7) is 8.31. The van der Waals surface area contributed by atoms with Gasteiger partial charge in [-0.15, -0.1) is 0 Å². The summed E-state index contributed by atoms with van der Waals surface area (Å²) in [5.41, 5.74) is 4.20. The van der Waals surface area contributed by atoms with E-state index in [-0.39, 0.29) is 5.41 Å². The molecule has 1 aliphatic carbocycles. The highest BCUT2D eigenvalue weighted by atomic mass is 32.2. The Labute approximate surface area is 174 Å². The number of ether oxygens (including phenoxy) is 1. The van der Waals surface area contributed by atoms with E-state index in [1.54, 1.807) is 31.2 Å². The fourth-order valence-electron chi connectivity index (χ4n) is 3.69. The molecule has 0 bridgehead atoms. The summed E-state index contributed by atoms with van der Waals surface area (Å²) in [5.74, 6) is 0.792. The molecule has 0 spiro atoms. The second-order valence-electron chi connectivity index (χ2n) is 8.73. The van der Waals surface area contributed by atoms with Crippen molar-refractivity contribution in [2.45, 2.75) is 59.4 Å². The molecule has 0 heterocycles. The minimum absolute atomic E-state index is 0.275. The second kappa shape index (κ2) is 9.15. The normalized spacial score (nSPS) is 18.7. The van der Waals surface area contributed by atoms with Crippen molar-refractivity contribution in [1.29, 1.82) is 0 Å². The van der Waals surface area contributed by atoms with Gasteiger partial charge >= 0.3 is 0 Å². The summed E-state index contributed by atoms with van der Waals surface area (Å²) in [6, 6.07) is 5.61. The maximum atomic E-state index is 12.6. The first-order valence-corrected chi connectivity index (χ1v) is 11.8. The van der Waals surface area contributed by atoms with Crippen LogP contribution in [0, 0.1) is 11.3 Å². The Hall–Kier alpha value is -2.09. The van der Waals surface area contributed by atoms with E-state index in [1.165, 1.54) is 7.11 Å². The maximum Gasteiger partial charge on any atom is 0.263 e. The maximum absolute atomic E-state index is 12.6. The molecular formula is C21H33N3O4S. The molecule has 29 heavy (non-hydrogen) atoms. The molecule has 1 aliphatic rings. The number of methoxy groups -OCH3 is 1. The first-order chi connectivity index (χ1) is 13.4. The second-order valence-corrected chi connectivity index (χ2v) is 10.6. The van der Waals surface area contributed by atoms with Crippen LogP contribution in [0.3, 0.4) is 0 Å². The predicted octanol–water partition coefficient (Wildman–Crippen LogP) is 3.56. The lowest BCUT2D eigenvalue weighted by Crippen LogP contribution is -2.47.